The van der Waals surface area contributed by atoms with Crippen LogP contribution in [0.3, 0.4) is 0 Å². The molecule has 12 heteroatoms. The van der Waals surface area contributed by atoms with Gasteiger partial charge in [0.25, 0.3) is 0 Å². The van der Waals surface area contributed by atoms with Gasteiger partial charge in [-0.2, -0.15) is 0 Å². The fraction of sp³-hybridized carbons (Fsp3) is 0. The summed E-state index contributed by atoms with van der Waals surface area (Å²) in [4.78, 5) is 0. The molecule has 0 fully saturated rings. The Balaban J connectivity index is -0.00000000222. The van der Waals surface area contributed by atoms with Crippen molar-refractivity contribution < 1.29 is 173 Å². The number of hydrogen-bond acceptors (Lipinski definition) is 3. The fourth-order valence-corrected chi connectivity index (χ4v) is 0. The predicted molar refractivity (Wildman–Crippen MR) is 21.0 cm³/mol. The average molecular weight is 327 g/mol. The molecule has 0 aromatic rings. The number of rotatable bonds is 0. The molecule has 0 aliphatic carbocycles. The van der Waals surface area contributed by atoms with Crippen LogP contribution in [0.4, 0.5) is 0 Å². The monoisotopic (exact) mass is 327 g/mol. The van der Waals surface area contributed by atoms with Gasteiger partial charge in [0, 0.05) is 17.1 Å². The van der Waals surface area contributed by atoms with E-state index in [1.165, 1.54) is 0 Å². The van der Waals surface area contributed by atoms with Crippen LogP contribution in [0.2, 0.25) is 0 Å². The second kappa shape index (κ2) is 29.3. The van der Waals surface area contributed by atoms with Crippen molar-refractivity contribution in [3.8, 4) is 0 Å². The third-order valence-corrected chi connectivity index (χ3v) is 0. The van der Waals surface area contributed by atoms with Gasteiger partial charge in [-0.15, -0.1) is 0 Å². The molecule has 0 rings (SSSR count). The molecule has 0 aliphatic rings. The molecule has 0 atom stereocenters. The van der Waals surface area contributed by atoms with Crippen LogP contribution in [0.1, 0.15) is 2.85 Å². The summed E-state index contributed by atoms with van der Waals surface area (Å²) in [5.41, 5.74) is 0. The van der Waals surface area contributed by atoms with Gasteiger partial charge < -0.3 is 24.8 Å². The molecule has 0 heterocycles. The van der Waals surface area contributed by atoms with Crippen LogP contribution in [0.5, 0.6) is 0 Å². The Morgan fingerprint density at radius 3 is 0.833 bits per heavy atom. The van der Waals surface area contributed by atoms with E-state index in [0.29, 0.717) is 0 Å². The Hall–Kier alpha value is 3.51. The van der Waals surface area contributed by atoms with Crippen LogP contribution in [0.25, 0.3) is 0 Å². The first-order valence-electron chi connectivity index (χ1n) is 0.632. The second-order valence-corrected chi connectivity index (χ2v) is 1.63. The SMILES string of the molecule is O.O.O.O.[H-].[H-].[K+].[K+].[Mn].[O]=[Mn](=[O])(=[O])[OH]. The average Bonchev–Trinajstić information content (AvgIpc) is 0.722. The standard InChI is InChI=1S/2K.2Mn.5H2O.3O.2H/h;;;;5*1H2;;;;;/q2*+1;;+1;;;;;;;;;2*-1/p-1. The minimum atomic E-state index is -5.38. The van der Waals surface area contributed by atoms with E-state index in [-0.39, 0.29) is 145 Å². The summed E-state index contributed by atoms with van der Waals surface area (Å²) in [7, 11) is 0. The zero-order chi connectivity index (χ0) is 4.50. The van der Waals surface area contributed by atoms with Gasteiger partial charge in [-0.1, -0.05) is 0 Å². The first kappa shape index (κ1) is 57.9. The van der Waals surface area contributed by atoms with E-state index in [4.69, 9.17) is 15.7 Å². The molecule has 0 spiro atoms. The molecule has 12 heavy (non-hydrogen) atoms. The molecule has 9 N–H and O–H groups in total. The van der Waals surface area contributed by atoms with Crippen LogP contribution in [0, 0.1) is 0 Å². The minimum absolute atomic E-state index is 0. The topological polar surface area (TPSA) is 197 Å². The van der Waals surface area contributed by atoms with Gasteiger partial charge >= 0.3 is 131 Å². The van der Waals surface area contributed by atoms with E-state index in [2.05, 4.69) is 0 Å². The Kier molecular flexibility index (Phi) is 141. The summed E-state index contributed by atoms with van der Waals surface area (Å²) in [6.45, 7) is 0. The van der Waals surface area contributed by atoms with Crippen LogP contribution in [0.15, 0.2) is 0 Å². The summed E-state index contributed by atoms with van der Waals surface area (Å²) in [5.74, 6) is 0. The van der Waals surface area contributed by atoms with E-state index in [1.54, 1.807) is 0 Å². The Morgan fingerprint density at radius 2 is 0.833 bits per heavy atom. The van der Waals surface area contributed by atoms with Gasteiger partial charge in [0.2, 0.25) is 0 Å². The van der Waals surface area contributed by atoms with Crippen molar-refractivity contribution in [2.75, 3.05) is 0 Å². The van der Waals surface area contributed by atoms with Crippen molar-refractivity contribution in [3.05, 3.63) is 0 Å². The molecule has 0 bridgehead atoms. The Labute approximate surface area is 169 Å². The van der Waals surface area contributed by atoms with Crippen LogP contribution in [-0.4, -0.2) is 26.1 Å². The van der Waals surface area contributed by atoms with E-state index in [0.717, 1.165) is 0 Å². The summed E-state index contributed by atoms with van der Waals surface area (Å²) in [6.07, 6.45) is 0. The maximum absolute atomic E-state index is 8.69. The third-order valence-electron chi connectivity index (χ3n) is 0. The quantitative estimate of drug-likeness (QED) is 0.431. The second-order valence-electron chi connectivity index (χ2n) is 0.396. The van der Waals surface area contributed by atoms with E-state index in [9.17, 15) is 0 Å². The van der Waals surface area contributed by atoms with Crippen LogP contribution >= 0.6 is 0 Å². The van der Waals surface area contributed by atoms with E-state index >= 15 is 0 Å². The molecular weight excluding hydrogens is 316 g/mol. The molecule has 75 valence electrons. The molecule has 0 saturated heterocycles. The zero-order valence-electron chi connectivity index (χ0n) is 8.43. The molecular formula is H11K2Mn2O8. The fourth-order valence-electron chi connectivity index (χ4n) is 0. The number of hydrogen-bond donors (Lipinski definition) is 1. The molecule has 0 aromatic carbocycles. The maximum atomic E-state index is 8.69. The van der Waals surface area contributed by atoms with Crippen molar-refractivity contribution >= 4 is 0 Å². The van der Waals surface area contributed by atoms with Crippen LogP contribution < -0.4 is 103 Å². The molecule has 8 nitrogen and oxygen atoms in total. The van der Waals surface area contributed by atoms with Gasteiger partial charge in [-0.3, -0.25) is 0 Å². The molecule has 0 unspecified atom stereocenters. The summed E-state index contributed by atoms with van der Waals surface area (Å²) < 4.78 is 33.1. The van der Waals surface area contributed by atoms with Gasteiger partial charge in [0.1, 0.15) is 0 Å². The zero-order valence-corrected chi connectivity index (χ0v) is 15.0. The molecule has 0 aliphatic heterocycles. The normalized spacial score (nSPS) is 4.75. The van der Waals surface area contributed by atoms with Crippen molar-refractivity contribution in [3.63, 3.8) is 0 Å². The third kappa shape index (κ3) is 172. The van der Waals surface area contributed by atoms with Gasteiger partial charge in [0.15, 0.2) is 0 Å². The van der Waals surface area contributed by atoms with Crippen molar-refractivity contribution in [2.24, 2.45) is 0 Å². The van der Waals surface area contributed by atoms with Gasteiger partial charge in [-0.25, -0.2) is 0 Å². The first-order chi connectivity index (χ1) is 2.00. The summed E-state index contributed by atoms with van der Waals surface area (Å²) in [5, 5.41) is 0. The van der Waals surface area contributed by atoms with E-state index < -0.39 is 13.0 Å². The molecule has 0 aromatic heterocycles. The van der Waals surface area contributed by atoms with Gasteiger partial charge in [-0.05, 0) is 0 Å². The van der Waals surface area contributed by atoms with E-state index in [1.807, 2.05) is 0 Å². The predicted octanol–water partition coefficient (Wildman–Crippen LogP) is -9.98. The Morgan fingerprint density at radius 1 is 0.833 bits per heavy atom. The summed E-state index contributed by atoms with van der Waals surface area (Å²) in [6, 6.07) is 0. The summed E-state index contributed by atoms with van der Waals surface area (Å²) >= 11 is -5.38. The van der Waals surface area contributed by atoms with Crippen molar-refractivity contribution in [1.82, 2.24) is 0 Å². The Bertz CT molecular complexity index is 144. The van der Waals surface area contributed by atoms with Gasteiger partial charge in [0.05, 0.1) is 0 Å². The van der Waals surface area contributed by atoms with Crippen molar-refractivity contribution in [1.29, 1.82) is 0 Å². The van der Waals surface area contributed by atoms with Crippen LogP contribution in [-0.2, 0) is 41.5 Å². The molecule has 0 amide bonds. The van der Waals surface area contributed by atoms with Crippen molar-refractivity contribution in [2.45, 2.75) is 0 Å². The first-order valence-corrected chi connectivity index (χ1v) is 2.61. The molecule has 0 saturated carbocycles. The molecule has 1 radical (unpaired) electrons.